The molecule has 0 spiro atoms. The lowest BCUT2D eigenvalue weighted by Gasteiger charge is -2.18. The number of hydrogen-bond donors (Lipinski definition) is 0. The van der Waals surface area contributed by atoms with E-state index in [2.05, 4.69) is 19.7 Å². The summed E-state index contributed by atoms with van der Waals surface area (Å²) in [6, 6.07) is 0. The van der Waals surface area contributed by atoms with Crippen molar-refractivity contribution in [1.29, 1.82) is 0 Å². The maximum absolute atomic E-state index is 13.3. The molecule has 0 unspecified atom stereocenters. The molecule has 0 saturated carbocycles. The zero-order valence-electron chi connectivity index (χ0n) is 26.9. The Kier molecular flexibility index (Phi) is 29.2. The van der Waals surface area contributed by atoms with Gasteiger partial charge in [-0.05, 0) is 38.5 Å². The van der Waals surface area contributed by atoms with Gasteiger partial charge in [-0.25, -0.2) is 18.9 Å². The Labute approximate surface area is 265 Å². The molecule has 11 heteroatoms. The Balaban J connectivity index is 4.19. The number of hydrogen-bond acceptors (Lipinski definition) is 10. The summed E-state index contributed by atoms with van der Waals surface area (Å²) in [5, 5.41) is 0. The molecule has 0 rings (SSSR count). The molecule has 0 aromatic carbocycles. The van der Waals surface area contributed by atoms with E-state index in [1.807, 2.05) is 0 Å². The molecule has 0 aromatic rings. The number of phosphoric ester groups is 1. The van der Waals surface area contributed by atoms with Crippen LogP contribution in [0.25, 0.3) is 0 Å². The molecule has 0 fully saturated rings. The van der Waals surface area contributed by atoms with E-state index in [9.17, 15) is 18.9 Å². The minimum atomic E-state index is -3.64. The van der Waals surface area contributed by atoms with Crippen LogP contribution in [0, 0.1) is 0 Å². The summed E-state index contributed by atoms with van der Waals surface area (Å²) in [6.45, 7) is 12.3. The van der Waals surface area contributed by atoms with Crippen molar-refractivity contribution in [2.24, 2.45) is 0 Å². The average molecular weight is 645 g/mol. The van der Waals surface area contributed by atoms with Gasteiger partial charge in [0.1, 0.15) is 0 Å². The molecule has 0 heterocycles. The molecule has 0 bridgehead atoms. The number of ether oxygens (including phenoxy) is 3. The van der Waals surface area contributed by atoms with Gasteiger partial charge in [0, 0.05) is 18.2 Å². The summed E-state index contributed by atoms with van der Waals surface area (Å²) >= 11 is 0. The number of carbonyl (C=O) groups is 3. The van der Waals surface area contributed by atoms with Crippen molar-refractivity contribution in [2.45, 2.75) is 116 Å². The molecule has 0 N–H and O–H groups in total. The Morgan fingerprint density at radius 3 is 0.818 bits per heavy atom. The molecule has 10 nitrogen and oxygen atoms in total. The fourth-order valence-corrected chi connectivity index (χ4v) is 5.35. The predicted octanol–water partition coefficient (Wildman–Crippen LogP) is 8.35. The smallest absolute Gasteiger partial charge is 0.463 e. The van der Waals surface area contributed by atoms with E-state index in [-0.39, 0.29) is 0 Å². The zero-order chi connectivity index (χ0) is 32.6. The number of phosphoric acid groups is 1. The first-order valence-corrected chi connectivity index (χ1v) is 17.7. The normalized spacial score (nSPS) is 11.1. The van der Waals surface area contributed by atoms with Crippen molar-refractivity contribution < 1.29 is 46.7 Å². The van der Waals surface area contributed by atoms with Gasteiger partial charge >= 0.3 is 25.7 Å². The molecule has 0 aromatic heterocycles. The van der Waals surface area contributed by atoms with Crippen molar-refractivity contribution in [2.75, 3.05) is 39.6 Å². The van der Waals surface area contributed by atoms with Gasteiger partial charge in [-0.1, -0.05) is 96.8 Å². The fourth-order valence-electron chi connectivity index (χ4n) is 4.07. The Morgan fingerprint density at radius 1 is 0.386 bits per heavy atom. The highest BCUT2D eigenvalue weighted by atomic mass is 31.2. The first-order valence-electron chi connectivity index (χ1n) is 16.3. The van der Waals surface area contributed by atoms with Crippen LogP contribution in [0.1, 0.15) is 116 Å². The predicted molar refractivity (Wildman–Crippen MR) is 172 cm³/mol. The van der Waals surface area contributed by atoms with Gasteiger partial charge in [0.15, 0.2) is 0 Å². The SMILES string of the molecule is C=CC(=O)OCCCCCCCCOP(=O)(OCCCCCCCCOC(=O)C=C)OCCCCCCCCOC(=O)C=C. The van der Waals surface area contributed by atoms with Crippen molar-refractivity contribution >= 4 is 25.7 Å². The molecule has 0 aliphatic heterocycles. The monoisotopic (exact) mass is 644 g/mol. The minimum absolute atomic E-state index is 0.307. The average Bonchev–Trinajstić information content (AvgIpc) is 3.03. The van der Waals surface area contributed by atoms with Crippen LogP contribution in [0.2, 0.25) is 0 Å². The van der Waals surface area contributed by atoms with Crippen molar-refractivity contribution in [1.82, 2.24) is 0 Å². The first kappa shape index (κ1) is 41.7. The van der Waals surface area contributed by atoms with E-state index in [0.717, 1.165) is 116 Å². The summed E-state index contributed by atoms with van der Waals surface area (Å²) in [4.78, 5) is 33.1. The van der Waals surface area contributed by atoms with Crippen molar-refractivity contribution in [3.8, 4) is 0 Å². The summed E-state index contributed by atoms with van der Waals surface area (Å²) in [7, 11) is -3.64. The lowest BCUT2D eigenvalue weighted by molar-refractivity contribution is -0.138. The highest BCUT2D eigenvalue weighted by Gasteiger charge is 2.26. The Bertz CT molecular complexity index is 725. The molecule has 44 heavy (non-hydrogen) atoms. The number of carbonyl (C=O) groups excluding carboxylic acids is 3. The van der Waals surface area contributed by atoms with E-state index in [1.54, 1.807) is 0 Å². The number of esters is 3. The maximum atomic E-state index is 13.3. The largest absolute Gasteiger partial charge is 0.474 e. The van der Waals surface area contributed by atoms with Crippen LogP contribution in [-0.4, -0.2) is 57.5 Å². The second-order valence-corrected chi connectivity index (χ2v) is 12.1. The minimum Gasteiger partial charge on any atom is -0.463 e. The molecule has 0 saturated heterocycles. The van der Waals surface area contributed by atoms with Crippen LogP contribution in [0.5, 0.6) is 0 Å². The summed E-state index contributed by atoms with van der Waals surface area (Å²) in [5.41, 5.74) is 0. The third-order valence-electron chi connectivity index (χ3n) is 6.60. The first-order chi connectivity index (χ1) is 21.4. The van der Waals surface area contributed by atoms with Crippen molar-refractivity contribution in [3.63, 3.8) is 0 Å². The van der Waals surface area contributed by atoms with Gasteiger partial charge in [-0.2, -0.15) is 0 Å². The van der Waals surface area contributed by atoms with Gasteiger partial charge in [-0.15, -0.1) is 0 Å². The van der Waals surface area contributed by atoms with E-state index in [1.165, 1.54) is 18.2 Å². The van der Waals surface area contributed by atoms with Gasteiger partial charge in [-0.3, -0.25) is 13.6 Å². The maximum Gasteiger partial charge on any atom is 0.474 e. The second-order valence-electron chi connectivity index (χ2n) is 10.4. The zero-order valence-corrected chi connectivity index (χ0v) is 27.7. The number of rotatable bonds is 33. The highest BCUT2D eigenvalue weighted by Crippen LogP contribution is 2.50. The molecule has 0 aliphatic carbocycles. The van der Waals surface area contributed by atoms with Crippen LogP contribution in [-0.2, 0) is 46.7 Å². The highest BCUT2D eigenvalue weighted by molar-refractivity contribution is 7.48. The van der Waals surface area contributed by atoms with Gasteiger partial charge < -0.3 is 14.2 Å². The third-order valence-corrected chi connectivity index (χ3v) is 8.09. The van der Waals surface area contributed by atoms with Crippen LogP contribution >= 0.6 is 7.82 Å². The van der Waals surface area contributed by atoms with Crippen LogP contribution in [0.4, 0.5) is 0 Å². The quantitative estimate of drug-likeness (QED) is 0.0226. The molecular formula is C33H57O10P. The molecular weight excluding hydrogens is 587 g/mol. The summed E-state index contributed by atoms with van der Waals surface area (Å²) in [5.74, 6) is -1.17. The van der Waals surface area contributed by atoms with Gasteiger partial charge in [0.2, 0.25) is 0 Å². The lowest BCUT2D eigenvalue weighted by Crippen LogP contribution is -2.04. The van der Waals surface area contributed by atoms with Crippen LogP contribution in [0.15, 0.2) is 38.0 Å². The van der Waals surface area contributed by atoms with Crippen molar-refractivity contribution in [3.05, 3.63) is 38.0 Å². The summed E-state index contributed by atoms with van der Waals surface area (Å²) < 4.78 is 45.2. The Morgan fingerprint density at radius 2 is 0.591 bits per heavy atom. The van der Waals surface area contributed by atoms with Gasteiger partial charge in [0.25, 0.3) is 0 Å². The fraction of sp³-hybridized carbons (Fsp3) is 0.727. The standard InChI is InChI=1S/C33H57O10P/c1-4-31(34)38-25-19-13-7-10-16-22-28-41-44(37,42-29-23-17-11-8-14-20-26-39-32(35)5-2)43-30-24-18-12-9-15-21-27-40-33(36)6-3/h4-6H,1-3,7-30H2. The van der Waals surface area contributed by atoms with Gasteiger partial charge in [0.05, 0.1) is 39.6 Å². The lowest BCUT2D eigenvalue weighted by atomic mass is 10.1. The van der Waals surface area contributed by atoms with E-state index < -0.39 is 25.7 Å². The molecule has 0 aliphatic rings. The topological polar surface area (TPSA) is 124 Å². The third kappa shape index (κ3) is 28.5. The van der Waals surface area contributed by atoms with E-state index in [0.29, 0.717) is 39.6 Å². The van der Waals surface area contributed by atoms with E-state index >= 15 is 0 Å². The van der Waals surface area contributed by atoms with Crippen LogP contribution in [0.3, 0.4) is 0 Å². The number of unbranched alkanes of at least 4 members (excludes halogenated alkanes) is 15. The Hall–Kier alpha value is -2.26. The van der Waals surface area contributed by atoms with Crippen LogP contribution < -0.4 is 0 Å². The molecule has 0 amide bonds. The summed E-state index contributed by atoms with van der Waals surface area (Å²) in [6.07, 6.45) is 20.1. The molecule has 0 atom stereocenters. The molecule has 0 radical (unpaired) electrons. The molecule has 254 valence electrons. The van der Waals surface area contributed by atoms with E-state index in [4.69, 9.17) is 27.8 Å². The second kappa shape index (κ2) is 30.8.